The number of carbonyl (C=O) groups is 2. The van der Waals surface area contributed by atoms with Crippen LogP contribution in [-0.2, 0) is 4.79 Å². The summed E-state index contributed by atoms with van der Waals surface area (Å²) >= 11 is 3.32. The largest absolute Gasteiger partial charge is 0.480 e. The molecule has 1 aromatic carbocycles. The van der Waals surface area contributed by atoms with Gasteiger partial charge in [-0.05, 0) is 25.1 Å². The second kappa shape index (κ2) is 5.10. The smallest absolute Gasteiger partial charge is 0.263 e. The minimum absolute atomic E-state index is 0.0348. The lowest BCUT2D eigenvalue weighted by Gasteiger charge is -2.15. The van der Waals surface area contributed by atoms with Crippen LogP contribution in [0, 0.1) is 0 Å². The van der Waals surface area contributed by atoms with Crippen LogP contribution in [0.3, 0.4) is 0 Å². The molecule has 18 heavy (non-hydrogen) atoms. The van der Waals surface area contributed by atoms with E-state index in [1.54, 1.807) is 30.1 Å². The molecule has 0 bridgehead atoms. The SMILES string of the molecule is CC(=O)c1cc(Br)ccc1OC1CCN(C)C1=O. The van der Waals surface area contributed by atoms with E-state index in [4.69, 9.17) is 4.74 Å². The molecule has 0 saturated carbocycles. The van der Waals surface area contributed by atoms with Crippen LogP contribution < -0.4 is 4.74 Å². The average Bonchev–Trinajstić information content (AvgIpc) is 2.63. The number of ether oxygens (including phenoxy) is 1. The zero-order valence-electron chi connectivity index (χ0n) is 10.3. The quantitative estimate of drug-likeness (QED) is 0.804. The summed E-state index contributed by atoms with van der Waals surface area (Å²) in [6.45, 7) is 2.17. The fourth-order valence-corrected chi connectivity index (χ4v) is 2.29. The second-order valence-electron chi connectivity index (χ2n) is 4.35. The highest BCUT2D eigenvalue weighted by Crippen LogP contribution is 2.26. The van der Waals surface area contributed by atoms with Crippen LogP contribution in [0.5, 0.6) is 5.75 Å². The lowest BCUT2D eigenvalue weighted by atomic mass is 10.1. The van der Waals surface area contributed by atoms with Crippen LogP contribution in [0.25, 0.3) is 0 Å². The molecule has 2 rings (SSSR count). The number of halogens is 1. The van der Waals surface area contributed by atoms with Crippen molar-refractivity contribution in [1.82, 2.24) is 4.90 Å². The van der Waals surface area contributed by atoms with Crippen LogP contribution in [0.1, 0.15) is 23.7 Å². The molecule has 1 heterocycles. The Morgan fingerprint density at radius 2 is 2.22 bits per heavy atom. The van der Waals surface area contributed by atoms with Gasteiger partial charge in [0.05, 0.1) is 5.56 Å². The van der Waals surface area contributed by atoms with Crippen molar-refractivity contribution in [3.8, 4) is 5.75 Å². The van der Waals surface area contributed by atoms with Gasteiger partial charge in [0.1, 0.15) is 5.75 Å². The molecule has 1 aliphatic heterocycles. The van der Waals surface area contributed by atoms with Crippen LogP contribution in [0.2, 0.25) is 0 Å². The monoisotopic (exact) mass is 311 g/mol. The van der Waals surface area contributed by atoms with E-state index in [2.05, 4.69) is 15.9 Å². The number of carbonyl (C=O) groups excluding carboxylic acids is 2. The Kier molecular flexibility index (Phi) is 3.71. The molecule has 0 radical (unpaired) electrons. The van der Waals surface area contributed by atoms with Crippen LogP contribution in [0.4, 0.5) is 0 Å². The van der Waals surface area contributed by atoms with Crippen molar-refractivity contribution < 1.29 is 14.3 Å². The van der Waals surface area contributed by atoms with Gasteiger partial charge in [-0.1, -0.05) is 15.9 Å². The van der Waals surface area contributed by atoms with Crippen molar-refractivity contribution in [3.05, 3.63) is 28.2 Å². The number of rotatable bonds is 3. The van der Waals surface area contributed by atoms with Crippen molar-refractivity contribution in [1.29, 1.82) is 0 Å². The Balaban J connectivity index is 2.24. The molecule has 1 aliphatic rings. The fourth-order valence-electron chi connectivity index (χ4n) is 1.93. The maximum absolute atomic E-state index is 11.8. The topological polar surface area (TPSA) is 46.6 Å². The second-order valence-corrected chi connectivity index (χ2v) is 5.27. The first-order valence-corrected chi connectivity index (χ1v) is 6.50. The van der Waals surface area contributed by atoms with Gasteiger partial charge in [-0.2, -0.15) is 0 Å². The highest BCUT2D eigenvalue weighted by atomic mass is 79.9. The van der Waals surface area contributed by atoms with Crippen molar-refractivity contribution >= 4 is 27.6 Å². The molecule has 0 N–H and O–H groups in total. The Morgan fingerprint density at radius 3 is 2.78 bits per heavy atom. The van der Waals surface area contributed by atoms with Gasteiger partial charge in [-0.15, -0.1) is 0 Å². The first-order chi connectivity index (χ1) is 8.49. The number of amides is 1. The molecule has 1 unspecified atom stereocenters. The number of benzene rings is 1. The fraction of sp³-hybridized carbons (Fsp3) is 0.385. The van der Waals surface area contributed by atoms with E-state index in [1.165, 1.54) is 6.92 Å². The lowest BCUT2D eigenvalue weighted by molar-refractivity contribution is -0.132. The first-order valence-electron chi connectivity index (χ1n) is 5.71. The van der Waals surface area contributed by atoms with Gasteiger partial charge >= 0.3 is 0 Å². The van der Waals surface area contributed by atoms with Gasteiger partial charge in [-0.25, -0.2) is 0 Å². The van der Waals surface area contributed by atoms with Crippen molar-refractivity contribution in [2.75, 3.05) is 13.6 Å². The van der Waals surface area contributed by atoms with Crippen molar-refractivity contribution in [3.63, 3.8) is 0 Å². The van der Waals surface area contributed by atoms with Gasteiger partial charge in [-0.3, -0.25) is 9.59 Å². The molecule has 0 spiro atoms. The number of ketones is 1. The van der Waals surface area contributed by atoms with Gasteiger partial charge in [0, 0.05) is 24.5 Å². The molecule has 1 aromatic rings. The number of Topliss-reactive ketones (excluding diaryl/α,β-unsaturated/α-hetero) is 1. The third kappa shape index (κ3) is 2.56. The van der Waals surface area contributed by atoms with E-state index >= 15 is 0 Å². The zero-order chi connectivity index (χ0) is 13.3. The Labute approximate surface area is 114 Å². The molecular weight excluding hydrogens is 298 g/mol. The minimum Gasteiger partial charge on any atom is -0.480 e. The Bertz CT molecular complexity index is 501. The van der Waals surface area contributed by atoms with Crippen molar-refractivity contribution in [2.24, 2.45) is 0 Å². The first kappa shape index (κ1) is 13.1. The molecule has 4 nitrogen and oxygen atoms in total. The molecule has 5 heteroatoms. The zero-order valence-corrected chi connectivity index (χ0v) is 11.9. The summed E-state index contributed by atoms with van der Waals surface area (Å²) in [7, 11) is 1.75. The molecule has 1 fully saturated rings. The van der Waals surface area contributed by atoms with Gasteiger partial charge in [0.25, 0.3) is 5.91 Å². The summed E-state index contributed by atoms with van der Waals surface area (Å²) in [5.41, 5.74) is 0.492. The highest BCUT2D eigenvalue weighted by molar-refractivity contribution is 9.10. The Morgan fingerprint density at radius 1 is 1.50 bits per heavy atom. The molecule has 1 atom stereocenters. The van der Waals surface area contributed by atoms with E-state index < -0.39 is 6.10 Å². The van der Waals surface area contributed by atoms with Crippen molar-refractivity contribution in [2.45, 2.75) is 19.4 Å². The molecule has 96 valence electrons. The summed E-state index contributed by atoms with van der Waals surface area (Å²) in [5, 5.41) is 0. The number of likely N-dealkylation sites (N-methyl/N-ethyl adjacent to an activating group) is 1. The summed E-state index contributed by atoms with van der Waals surface area (Å²) in [6, 6.07) is 5.22. The van der Waals surface area contributed by atoms with Crippen LogP contribution in [-0.4, -0.2) is 36.3 Å². The summed E-state index contributed by atoms with van der Waals surface area (Å²) in [4.78, 5) is 24.9. The summed E-state index contributed by atoms with van der Waals surface area (Å²) < 4.78 is 6.49. The van der Waals surface area contributed by atoms with E-state index in [9.17, 15) is 9.59 Å². The van der Waals surface area contributed by atoms with Gasteiger partial charge < -0.3 is 9.64 Å². The number of hydrogen-bond donors (Lipinski definition) is 0. The minimum atomic E-state index is -0.478. The maximum atomic E-state index is 11.8. The predicted molar refractivity (Wildman–Crippen MR) is 70.8 cm³/mol. The lowest BCUT2D eigenvalue weighted by Crippen LogP contribution is -2.29. The van der Waals surface area contributed by atoms with Gasteiger partial charge in [0.2, 0.25) is 0 Å². The molecule has 1 amide bonds. The molecule has 0 aromatic heterocycles. The molecule has 0 aliphatic carbocycles. The molecule has 1 saturated heterocycles. The third-order valence-corrected chi connectivity index (χ3v) is 3.46. The van der Waals surface area contributed by atoms with Crippen LogP contribution in [0.15, 0.2) is 22.7 Å². The summed E-state index contributed by atoms with van der Waals surface area (Å²) in [5.74, 6) is 0.358. The number of nitrogens with zero attached hydrogens (tertiary/aromatic N) is 1. The maximum Gasteiger partial charge on any atom is 0.263 e. The third-order valence-electron chi connectivity index (χ3n) is 2.97. The Hall–Kier alpha value is -1.36. The number of likely N-dealkylation sites (tertiary alicyclic amines) is 1. The summed E-state index contributed by atoms with van der Waals surface area (Å²) in [6.07, 6.45) is 0.178. The highest BCUT2D eigenvalue weighted by Gasteiger charge is 2.31. The van der Waals surface area contributed by atoms with E-state index in [0.717, 1.165) is 4.47 Å². The average molecular weight is 312 g/mol. The number of hydrogen-bond acceptors (Lipinski definition) is 3. The van der Waals surface area contributed by atoms with E-state index in [0.29, 0.717) is 24.3 Å². The standard InChI is InChI=1S/C13H14BrNO3/c1-8(16)10-7-9(14)3-4-11(10)18-12-5-6-15(2)13(12)17/h3-4,7,12H,5-6H2,1-2H3. The predicted octanol–water partition coefficient (Wildman–Crippen LogP) is 2.26. The molecular formula is C13H14BrNO3. The van der Waals surface area contributed by atoms with Crippen LogP contribution >= 0.6 is 15.9 Å². The van der Waals surface area contributed by atoms with Gasteiger partial charge in [0.15, 0.2) is 11.9 Å². The normalized spacial score (nSPS) is 19.2. The van der Waals surface area contributed by atoms with E-state index in [1.807, 2.05) is 0 Å². The van der Waals surface area contributed by atoms with E-state index in [-0.39, 0.29) is 11.7 Å².